The third-order valence-corrected chi connectivity index (χ3v) is 7.94. The molecule has 4 heterocycles. The smallest absolute Gasteiger partial charge is 0.214 e. The first kappa shape index (κ1) is 24.0. The van der Waals surface area contributed by atoms with Crippen LogP contribution in [0, 0.1) is 3.57 Å². The first-order valence-electron chi connectivity index (χ1n) is 13.0. The second kappa shape index (κ2) is 10.5. The van der Waals surface area contributed by atoms with Gasteiger partial charge < -0.3 is 15.7 Å². The van der Waals surface area contributed by atoms with E-state index in [1.807, 2.05) is 0 Å². The third kappa shape index (κ3) is 4.94. The lowest BCUT2D eigenvalue weighted by molar-refractivity contribution is -0.675. The highest BCUT2D eigenvalue weighted by Gasteiger charge is 2.16. The molecule has 0 radical (unpaired) electrons. The van der Waals surface area contributed by atoms with Gasteiger partial charge in [-0.15, -0.1) is 0 Å². The van der Waals surface area contributed by atoms with Crippen molar-refractivity contribution in [3.8, 4) is 5.75 Å². The highest BCUT2D eigenvalue weighted by atomic mass is 127. The van der Waals surface area contributed by atoms with Crippen molar-refractivity contribution in [3.63, 3.8) is 0 Å². The zero-order valence-electron chi connectivity index (χ0n) is 20.8. The van der Waals surface area contributed by atoms with E-state index in [-0.39, 0.29) is 0 Å². The summed E-state index contributed by atoms with van der Waals surface area (Å²) >= 11 is 2.34. The number of fused-ring (bicyclic) bond motifs is 8. The van der Waals surface area contributed by atoms with Crippen LogP contribution in [0.15, 0.2) is 85.2 Å². The Morgan fingerprint density at radius 1 is 0.649 bits per heavy atom. The van der Waals surface area contributed by atoms with Crippen LogP contribution in [-0.2, 0) is 26.2 Å². The number of aromatic hydroxyl groups is 1. The summed E-state index contributed by atoms with van der Waals surface area (Å²) in [6.07, 6.45) is 7.83. The van der Waals surface area contributed by atoms with Gasteiger partial charge in [-0.25, -0.2) is 0 Å². The van der Waals surface area contributed by atoms with Gasteiger partial charge in [0.1, 0.15) is 18.8 Å². The topological polar surface area (TPSA) is 52.1 Å². The Morgan fingerprint density at radius 2 is 1.14 bits per heavy atom. The molecule has 0 aliphatic carbocycles. The molecule has 0 atom stereocenters. The molecule has 3 aromatic carbocycles. The molecule has 3 N–H and O–H groups in total. The molecule has 0 saturated heterocycles. The van der Waals surface area contributed by atoms with Crippen LogP contribution >= 0.6 is 22.6 Å². The monoisotopic (exact) mass is 602 g/mol. The van der Waals surface area contributed by atoms with Crippen LogP contribution < -0.4 is 19.8 Å². The maximum Gasteiger partial charge on any atom is 0.214 e. The molecule has 5 aromatic rings. The van der Waals surface area contributed by atoms with Gasteiger partial charge in [0.2, 0.25) is 11.0 Å². The van der Waals surface area contributed by atoms with Gasteiger partial charge in [0.05, 0.1) is 22.1 Å². The van der Waals surface area contributed by atoms with Crippen molar-refractivity contribution < 1.29 is 14.2 Å². The highest BCUT2D eigenvalue weighted by molar-refractivity contribution is 14.1. The fraction of sp³-hybridized carbons (Fsp3) is 0.226. The number of aryl methyl sites for hydroxylation is 2. The molecule has 6 heteroatoms. The molecule has 7 rings (SSSR count). The van der Waals surface area contributed by atoms with Crippen molar-refractivity contribution in [1.82, 2.24) is 0 Å². The lowest BCUT2D eigenvalue weighted by Gasteiger charge is -2.15. The number of anilines is 2. The first-order valence-corrected chi connectivity index (χ1v) is 14.1. The number of nitrogens with one attached hydrogen (secondary N) is 2. The maximum absolute atomic E-state index is 11.2. The molecule has 2 aliphatic rings. The number of benzene rings is 3. The number of pyridine rings is 2. The summed E-state index contributed by atoms with van der Waals surface area (Å²) in [5.41, 5.74) is 6.43. The second-order valence-corrected chi connectivity index (χ2v) is 11.0. The molecule has 2 aliphatic heterocycles. The summed E-state index contributed by atoms with van der Waals surface area (Å²) in [6, 6.07) is 25.6. The summed E-state index contributed by atoms with van der Waals surface area (Å²) in [4.78, 5) is 0. The minimum atomic E-state index is 0.348. The number of halogens is 1. The van der Waals surface area contributed by atoms with Crippen molar-refractivity contribution in [3.05, 3.63) is 99.9 Å². The maximum atomic E-state index is 11.2. The first-order chi connectivity index (χ1) is 18.2. The van der Waals surface area contributed by atoms with E-state index >= 15 is 0 Å². The fourth-order valence-electron chi connectivity index (χ4n) is 5.38. The van der Waals surface area contributed by atoms with Crippen molar-refractivity contribution in [2.24, 2.45) is 0 Å². The van der Waals surface area contributed by atoms with Crippen LogP contribution in [0.1, 0.15) is 30.4 Å². The predicted octanol–water partition coefficient (Wildman–Crippen LogP) is 6.29. The van der Waals surface area contributed by atoms with E-state index in [0.29, 0.717) is 18.8 Å². The van der Waals surface area contributed by atoms with Crippen molar-refractivity contribution >= 4 is 55.8 Å². The van der Waals surface area contributed by atoms with Crippen LogP contribution in [-0.4, -0.2) is 5.11 Å². The summed E-state index contributed by atoms with van der Waals surface area (Å²) in [5.74, 6) is 0.348. The molecule has 0 fully saturated rings. The van der Waals surface area contributed by atoms with Crippen LogP contribution in [0.2, 0.25) is 0 Å². The van der Waals surface area contributed by atoms with Gasteiger partial charge in [-0.05, 0) is 53.3 Å². The molecule has 0 amide bonds. The Bertz CT molecular complexity index is 1490. The number of rotatable bonds is 0. The van der Waals surface area contributed by atoms with Crippen molar-refractivity contribution in [2.75, 3.05) is 10.6 Å². The summed E-state index contributed by atoms with van der Waals surface area (Å²) in [7, 11) is 0. The zero-order chi connectivity index (χ0) is 25.2. The summed E-state index contributed by atoms with van der Waals surface area (Å²) < 4.78 is 5.84. The van der Waals surface area contributed by atoms with E-state index in [2.05, 4.69) is 128 Å². The average Bonchev–Trinajstić information content (AvgIpc) is 2.92. The molecule has 0 unspecified atom stereocenters. The number of hydrogen-bond acceptors (Lipinski definition) is 3. The second-order valence-electron chi connectivity index (χ2n) is 9.72. The molecular weight excluding hydrogens is 571 g/mol. The Morgan fingerprint density at radius 3 is 1.65 bits per heavy atom. The van der Waals surface area contributed by atoms with Crippen molar-refractivity contribution in [2.45, 2.75) is 45.4 Å². The van der Waals surface area contributed by atoms with Gasteiger partial charge in [0.25, 0.3) is 0 Å². The molecule has 5 nitrogen and oxygen atoms in total. The minimum Gasteiger partial charge on any atom is -0.507 e. The van der Waals surface area contributed by atoms with Gasteiger partial charge >= 0.3 is 0 Å². The van der Waals surface area contributed by atoms with E-state index < -0.39 is 0 Å². The number of hydrogen-bond donors (Lipinski definition) is 3. The molecule has 186 valence electrons. The van der Waals surface area contributed by atoms with E-state index in [9.17, 15) is 5.11 Å². The minimum absolute atomic E-state index is 0.348. The standard InChI is InChI=1S/C31H29IN4O/c32-24-18-22-20-33-27-12-16-35(29-10-4-2-8-25(27)29)14-6-1-7-15-36-17-13-28(26-9-3-5-11-30(26)36)34-21-23(19-24)31(22)37/h2-5,8-13,16-19,37H,1,6-7,14-15,20-21H2/p+2. The number of aromatic nitrogens is 2. The molecule has 6 bridgehead atoms. The van der Waals surface area contributed by atoms with E-state index in [0.717, 1.165) is 52.0 Å². The summed E-state index contributed by atoms with van der Waals surface area (Å²) in [6.45, 7) is 3.10. The van der Waals surface area contributed by atoms with Crippen LogP contribution in [0.4, 0.5) is 11.4 Å². The molecule has 0 saturated carbocycles. The normalized spacial score (nSPS) is 14.4. The molecular formula is C31H31IN4O+2. The van der Waals surface area contributed by atoms with Crippen LogP contribution in [0.5, 0.6) is 5.75 Å². The number of nitrogens with zero attached hydrogens (tertiary/aromatic N) is 2. The average molecular weight is 603 g/mol. The summed E-state index contributed by atoms with van der Waals surface area (Å²) in [5, 5.41) is 20.8. The van der Waals surface area contributed by atoms with Crippen molar-refractivity contribution in [1.29, 1.82) is 0 Å². The Kier molecular flexibility index (Phi) is 6.83. The highest BCUT2D eigenvalue weighted by Crippen LogP contribution is 2.30. The fourth-order valence-corrected chi connectivity index (χ4v) is 6.13. The van der Waals surface area contributed by atoms with Gasteiger partial charge in [-0.3, -0.25) is 0 Å². The Balaban J connectivity index is 1.40. The van der Waals surface area contributed by atoms with E-state index in [4.69, 9.17) is 0 Å². The molecule has 37 heavy (non-hydrogen) atoms. The van der Waals surface area contributed by atoms with Gasteiger partial charge in [0, 0.05) is 64.9 Å². The predicted molar refractivity (Wildman–Crippen MR) is 158 cm³/mol. The SMILES string of the molecule is Oc1c2cc(I)cc1CNc1cc[n+](c3ccccc13)CCCCC[n+]1ccc(c3ccccc31)NC2. The van der Waals surface area contributed by atoms with Gasteiger partial charge in [0.15, 0.2) is 12.4 Å². The van der Waals surface area contributed by atoms with Gasteiger partial charge in [-0.2, -0.15) is 9.13 Å². The quantitative estimate of drug-likeness (QED) is 0.144. The molecule has 0 spiro atoms. The number of para-hydroxylation sites is 2. The Labute approximate surface area is 230 Å². The number of phenols is 1. The van der Waals surface area contributed by atoms with E-state index in [1.54, 1.807) is 0 Å². The lowest BCUT2D eigenvalue weighted by Crippen LogP contribution is -2.35. The zero-order valence-corrected chi connectivity index (χ0v) is 22.9. The number of phenolic OH excluding ortho intramolecular Hbond substituents is 1. The largest absolute Gasteiger partial charge is 0.507 e. The van der Waals surface area contributed by atoms with E-state index in [1.165, 1.54) is 28.2 Å². The Hall–Kier alpha value is -3.39. The molecule has 2 aromatic heterocycles. The van der Waals surface area contributed by atoms with Crippen LogP contribution in [0.3, 0.4) is 0 Å². The van der Waals surface area contributed by atoms with Crippen LogP contribution in [0.25, 0.3) is 21.8 Å². The third-order valence-electron chi connectivity index (χ3n) is 7.32. The van der Waals surface area contributed by atoms with Gasteiger partial charge in [-0.1, -0.05) is 24.3 Å². The lowest BCUT2D eigenvalue weighted by atomic mass is 10.1.